The summed E-state index contributed by atoms with van der Waals surface area (Å²) in [5, 5.41) is 9.59. The molecule has 1 saturated carbocycles. The average molecular weight is 279 g/mol. The minimum absolute atomic E-state index is 0.0343. The number of rotatable bonds is 4. The van der Waals surface area contributed by atoms with Crippen LogP contribution in [0.15, 0.2) is 6.33 Å². The minimum atomic E-state index is -0.0615. The third-order valence-corrected chi connectivity index (χ3v) is 4.95. The molecule has 20 heavy (non-hydrogen) atoms. The Morgan fingerprint density at radius 3 is 2.95 bits per heavy atom. The molecule has 0 spiro atoms. The molecule has 1 aliphatic carbocycles. The second-order valence-electron chi connectivity index (χ2n) is 6.38. The number of hydrogen-bond acceptors (Lipinski definition) is 4. The van der Waals surface area contributed by atoms with E-state index < -0.39 is 0 Å². The number of hydrogen-bond donors (Lipinski definition) is 3. The normalized spacial score (nSPS) is 29.1. The van der Waals surface area contributed by atoms with Crippen LogP contribution in [0.25, 0.3) is 0 Å². The van der Waals surface area contributed by atoms with Gasteiger partial charge in [-0.15, -0.1) is 0 Å². The van der Waals surface area contributed by atoms with Gasteiger partial charge >= 0.3 is 0 Å². The fourth-order valence-electron chi connectivity index (χ4n) is 3.10. The zero-order valence-corrected chi connectivity index (χ0v) is 12.5. The molecule has 3 atom stereocenters. The number of aromatic amines is 1. The number of carbonyl (C=O) groups excluding carboxylic acids is 1. The van der Waals surface area contributed by atoms with E-state index in [-0.39, 0.29) is 23.3 Å². The lowest BCUT2D eigenvalue weighted by Crippen LogP contribution is -2.51. The Labute approximate surface area is 119 Å². The van der Waals surface area contributed by atoms with E-state index in [4.69, 9.17) is 5.73 Å². The molecule has 0 aliphatic heterocycles. The van der Waals surface area contributed by atoms with Gasteiger partial charge in [0.05, 0.1) is 0 Å². The first kappa shape index (κ1) is 15.0. The monoisotopic (exact) mass is 279 g/mol. The molecule has 1 amide bonds. The Balaban J connectivity index is 1.88. The van der Waals surface area contributed by atoms with Crippen LogP contribution in [0.4, 0.5) is 0 Å². The Morgan fingerprint density at radius 1 is 1.55 bits per heavy atom. The van der Waals surface area contributed by atoms with Gasteiger partial charge in [0.15, 0.2) is 0 Å². The quantitative estimate of drug-likeness (QED) is 0.761. The highest BCUT2D eigenvalue weighted by atomic mass is 16.1. The highest BCUT2D eigenvalue weighted by molar-refractivity contribution is 5.79. The van der Waals surface area contributed by atoms with Crippen LogP contribution in [-0.4, -0.2) is 33.7 Å². The molecule has 1 aliphatic rings. The summed E-state index contributed by atoms with van der Waals surface area (Å²) in [6.45, 7) is 7.04. The molecule has 3 unspecified atom stereocenters. The summed E-state index contributed by atoms with van der Waals surface area (Å²) in [6, 6.07) is 0.197. The number of nitrogens with two attached hydrogens (primary N) is 1. The fourth-order valence-corrected chi connectivity index (χ4v) is 3.10. The number of aromatic nitrogens is 3. The topological polar surface area (TPSA) is 96.7 Å². The van der Waals surface area contributed by atoms with Crippen LogP contribution in [0, 0.1) is 17.3 Å². The standard InChI is InChI=1S/C14H25N5O/c1-9-11(15)5-4-10(14(9,2)3)13(20)16-7-6-12-17-8-18-19-12/h8-11H,4-7,15H2,1-3H3,(H,16,20)(H,17,18,19). The summed E-state index contributed by atoms with van der Waals surface area (Å²) in [4.78, 5) is 16.4. The fraction of sp³-hybridized carbons (Fsp3) is 0.786. The van der Waals surface area contributed by atoms with E-state index in [0.29, 0.717) is 18.9 Å². The summed E-state index contributed by atoms with van der Waals surface area (Å²) in [7, 11) is 0. The van der Waals surface area contributed by atoms with Crippen LogP contribution in [0.3, 0.4) is 0 Å². The highest BCUT2D eigenvalue weighted by Gasteiger charge is 2.44. The summed E-state index contributed by atoms with van der Waals surface area (Å²) < 4.78 is 0. The molecule has 1 aromatic rings. The van der Waals surface area contributed by atoms with Crippen molar-refractivity contribution in [2.75, 3.05) is 6.54 Å². The van der Waals surface area contributed by atoms with Gasteiger partial charge in [-0.2, -0.15) is 5.10 Å². The lowest BCUT2D eigenvalue weighted by molar-refractivity contribution is -0.132. The first-order chi connectivity index (χ1) is 9.43. The lowest BCUT2D eigenvalue weighted by atomic mass is 9.61. The first-order valence-electron chi connectivity index (χ1n) is 7.30. The molecule has 1 fully saturated rings. The van der Waals surface area contributed by atoms with Crippen LogP contribution >= 0.6 is 0 Å². The van der Waals surface area contributed by atoms with E-state index >= 15 is 0 Å². The summed E-state index contributed by atoms with van der Waals surface area (Å²) in [5.74, 6) is 1.31. The summed E-state index contributed by atoms with van der Waals surface area (Å²) >= 11 is 0. The third kappa shape index (κ3) is 3.00. The number of nitrogens with zero attached hydrogens (tertiary/aromatic N) is 2. The maximum Gasteiger partial charge on any atom is 0.223 e. The van der Waals surface area contributed by atoms with Gasteiger partial charge < -0.3 is 11.1 Å². The van der Waals surface area contributed by atoms with Crippen molar-refractivity contribution in [3.63, 3.8) is 0 Å². The predicted octanol–water partition coefficient (Wildman–Crippen LogP) is 0.863. The van der Waals surface area contributed by atoms with E-state index in [1.807, 2.05) is 0 Å². The zero-order valence-electron chi connectivity index (χ0n) is 12.5. The van der Waals surface area contributed by atoms with Crippen LogP contribution in [0.1, 0.15) is 39.4 Å². The van der Waals surface area contributed by atoms with Crippen molar-refractivity contribution in [2.45, 2.75) is 46.1 Å². The van der Waals surface area contributed by atoms with Gasteiger partial charge in [0.2, 0.25) is 5.91 Å². The molecule has 6 nitrogen and oxygen atoms in total. The van der Waals surface area contributed by atoms with Crippen molar-refractivity contribution in [1.29, 1.82) is 0 Å². The predicted molar refractivity (Wildman–Crippen MR) is 76.7 cm³/mol. The van der Waals surface area contributed by atoms with Crippen molar-refractivity contribution in [1.82, 2.24) is 20.5 Å². The van der Waals surface area contributed by atoms with Gasteiger partial charge in [0.1, 0.15) is 12.2 Å². The second kappa shape index (κ2) is 5.91. The number of nitrogens with one attached hydrogen (secondary N) is 2. The maximum absolute atomic E-state index is 12.4. The Kier molecular flexibility index (Phi) is 4.42. The first-order valence-corrected chi connectivity index (χ1v) is 7.30. The van der Waals surface area contributed by atoms with Crippen LogP contribution in [0.2, 0.25) is 0 Å². The van der Waals surface area contributed by atoms with E-state index in [1.54, 1.807) is 0 Å². The molecule has 0 saturated heterocycles. The van der Waals surface area contributed by atoms with Crippen LogP contribution in [-0.2, 0) is 11.2 Å². The average Bonchev–Trinajstić information content (AvgIpc) is 2.89. The van der Waals surface area contributed by atoms with Crippen LogP contribution < -0.4 is 11.1 Å². The molecule has 0 aromatic carbocycles. The van der Waals surface area contributed by atoms with Crippen molar-refractivity contribution in [2.24, 2.45) is 23.0 Å². The molecule has 112 valence electrons. The minimum Gasteiger partial charge on any atom is -0.355 e. The molecule has 2 rings (SSSR count). The van der Waals surface area contributed by atoms with Crippen molar-refractivity contribution in [3.8, 4) is 0 Å². The van der Waals surface area contributed by atoms with E-state index in [1.165, 1.54) is 6.33 Å². The summed E-state index contributed by atoms with van der Waals surface area (Å²) in [5.41, 5.74) is 6.07. The number of carbonyl (C=O) groups is 1. The maximum atomic E-state index is 12.4. The van der Waals surface area contributed by atoms with Gasteiger partial charge in [-0.05, 0) is 24.2 Å². The van der Waals surface area contributed by atoms with E-state index in [2.05, 4.69) is 41.3 Å². The van der Waals surface area contributed by atoms with Gasteiger partial charge in [-0.25, -0.2) is 4.98 Å². The largest absolute Gasteiger partial charge is 0.355 e. The van der Waals surface area contributed by atoms with Gasteiger partial charge in [-0.1, -0.05) is 20.8 Å². The Morgan fingerprint density at radius 2 is 2.30 bits per heavy atom. The number of amides is 1. The molecule has 0 radical (unpaired) electrons. The molecule has 1 heterocycles. The number of H-pyrrole nitrogens is 1. The molecular weight excluding hydrogens is 254 g/mol. The van der Waals surface area contributed by atoms with Gasteiger partial charge in [-0.3, -0.25) is 9.89 Å². The Bertz CT molecular complexity index is 442. The van der Waals surface area contributed by atoms with Crippen molar-refractivity contribution >= 4 is 5.91 Å². The summed E-state index contributed by atoms with van der Waals surface area (Å²) in [6.07, 6.45) is 3.94. The third-order valence-electron chi connectivity index (χ3n) is 4.95. The molecule has 1 aromatic heterocycles. The highest BCUT2D eigenvalue weighted by Crippen LogP contribution is 2.44. The molecule has 6 heteroatoms. The molecule has 0 bridgehead atoms. The lowest BCUT2D eigenvalue weighted by Gasteiger charge is -2.46. The van der Waals surface area contributed by atoms with Crippen LogP contribution in [0.5, 0.6) is 0 Å². The second-order valence-corrected chi connectivity index (χ2v) is 6.38. The van der Waals surface area contributed by atoms with E-state index in [9.17, 15) is 4.79 Å². The van der Waals surface area contributed by atoms with Gasteiger partial charge in [0, 0.05) is 24.9 Å². The smallest absolute Gasteiger partial charge is 0.223 e. The zero-order chi connectivity index (χ0) is 14.8. The Hall–Kier alpha value is -1.43. The molecule has 4 N–H and O–H groups in total. The van der Waals surface area contributed by atoms with Gasteiger partial charge in [0.25, 0.3) is 0 Å². The van der Waals surface area contributed by atoms with Crippen molar-refractivity contribution < 1.29 is 4.79 Å². The molecular formula is C14H25N5O. The van der Waals surface area contributed by atoms with Crippen molar-refractivity contribution in [3.05, 3.63) is 12.2 Å². The van der Waals surface area contributed by atoms with E-state index in [0.717, 1.165) is 18.7 Å². The SMILES string of the molecule is CC1C(N)CCC(C(=O)NCCc2ncn[nH]2)C1(C)C.